The predicted molar refractivity (Wildman–Crippen MR) is 120 cm³/mol. The van der Waals surface area contributed by atoms with Gasteiger partial charge in [-0.05, 0) is 48.9 Å². The second-order valence-electron chi connectivity index (χ2n) is 8.02. The number of aryl methyl sites for hydroxylation is 1. The fourth-order valence-electron chi connectivity index (χ4n) is 4.20. The largest absolute Gasteiger partial charge is 0.358 e. The first-order chi connectivity index (χ1) is 14.3. The van der Waals surface area contributed by atoms with Crippen molar-refractivity contribution < 1.29 is 13.2 Å². The number of carbonyl (C=O) groups excluding carboxylic acids is 1. The van der Waals surface area contributed by atoms with E-state index in [1.54, 1.807) is 17.0 Å². The molecule has 1 saturated heterocycles. The highest BCUT2D eigenvalue weighted by Gasteiger charge is 2.28. The predicted octanol–water partition coefficient (Wildman–Crippen LogP) is 3.65. The third-order valence-corrected chi connectivity index (χ3v) is 7.03. The molecule has 1 N–H and O–H groups in total. The van der Waals surface area contributed by atoms with Crippen LogP contribution in [0.4, 0.5) is 5.69 Å². The van der Waals surface area contributed by atoms with Crippen LogP contribution in [0.2, 0.25) is 0 Å². The molecule has 0 saturated carbocycles. The van der Waals surface area contributed by atoms with Gasteiger partial charge < -0.3 is 9.88 Å². The number of para-hydroxylation sites is 2. The number of nitrogens with one attached hydrogen (secondary N) is 1. The van der Waals surface area contributed by atoms with Gasteiger partial charge in [0.25, 0.3) is 0 Å². The molecule has 1 aromatic heterocycles. The van der Waals surface area contributed by atoms with Crippen molar-refractivity contribution in [1.29, 1.82) is 0 Å². The van der Waals surface area contributed by atoms with Crippen LogP contribution in [0.5, 0.6) is 0 Å². The van der Waals surface area contributed by atoms with Crippen molar-refractivity contribution in [1.82, 2.24) is 9.88 Å². The second kappa shape index (κ2) is 8.14. The Labute approximate surface area is 177 Å². The third kappa shape index (κ3) is 4.21. The summed E-state index contributed by atoms with van der Waals surface area (Å²) in [5.74, 6) is 0.225. The molecule has 6 nitrogen and oxygen atoms in total. The topological polar surface area (TPSA) is 73.5 Å². The van der Waals surface area contributed by atoms with E-state index < -0.39 is 10.0 Å². The highest BCUT2D eigenvalue weighted by atomic mass is 32.2. The van der Waals surface area contributed by atoms with E-state index in [2.05, 4.69) is 23.2 Å². The summed E-state index contributed by atoms with van der Waals surface area (Å²) in [4.78, 5) is 18.2. The van der Waals surface area contributed by atoms with E-state index in [-0.39, 0.29) is 12.5 Å². The van der Waals surface area contributed by atoms with Gasteiger partial charge in [-0.25, -0.2) is 8.42 Å². The molecule has 30 heavy (non-hydrogen) atoms. The number of rotatable bonds is 5. The molecule has 0 spiro atoms. The van der Waals surface area contributed by atoms with Gasteiger partial charge >= 0.3 is 0 Å². The molecule has 0 aliphatic carbocycles. The molecule has 0 unspecified atom stereocenters. The summed E-state index contributed by atoms with van der Waals surface area (Å²) >= 11 is 0. The molecular formula is C23H27N3O3S. The zero-order valence-electron chi connectivity index (χ0n) is 17.3. The number of amides is 1. The van der Waals surface area contributed by atoms with Crippen molar-refractivity contribution in [2.24, 2.45) is 0 Å². The molecule has 0 radical (unpaired) electrons. The summed E-state index contributed by atoms with van der Waals surface area (Å²) in [5, 5.41) is 1.20. The van der Waals surface area contributed by atoms with Crippen LogP contribution in [0, 0.1) is 6.92 Å². The molecule has 0 atom stereocenters. The smallest absolute Gasteiger partial charge is 0.243 e. The number of sulfonamides is 1. The minimum absolute atomic E-state index is 0.154. The number of likely N-dealkylation sites (tertiary alicyclic amines) is 1. The van der Waals surface area contributed by atoms with Crippen molar-refractivity contribution >= 4 is 32.5 Å². The van der Waals surface area contributed by atoms with Gasteiger partial charge in [0.2, 0.25) is 15.9 Å². The normalized spacial score (nSPS) is 15.5. The van der Waals surface area contributed by atoms with Gasteiger partial charge in [-0.15, -0.1) is 0 Å². The van der Waals surface area contributed by atoms with Crippen molar-refractivity contribution in [2.45, 2.75) is 25.7 Å². The lowest BCUT2D eigenvalue weighted by molar-refractivity contribution is -0.130. The molecule has 7 heteroatoms. The zero-order chi connectivity index (χ0) is 21.3. The van der Waals surface area contributed by atoms with Crippen LogP contribution in [-0.4, -0.2) is 50.1 Å². The van der Waals surface area contributed by atoms with E-state index in [0.717, 1.165) is 30.2 Å². The minimum atomic E-state index is -3.56. The first-order valence-electron chi connectivity index (χ1n) is 10.2. The highest BCUT2D eigenvalue weighted by Crippen LogP contribution is 2.30. The number of nitrogens with zero attached hydrogens (tertiary/aromatic N) is 2. The van der Waals surface area contributed by atoms with Gasteiger partial charge in [0.05, 0.1) is 11.9 Å². The van der Waals surface area contributed by atoms with Crippen LogP contribution in [0.1, 0.15) is 30.0 Å². The molecule has 158 valence electrons. The van der Waals surface area contributed by atoms with Crippen LogP contribution < -0.4 is 4.31 Å². The van der Waals surface area contributed by atoms with Gasteiger partial charge in [-0.2, -0.15) is 0 Å². The van der Waals surface area contributed by atoms with E-state index in [0.29, 0.717) is 24.7 Å². The first kappa shape index (κ1) is 20.5. The number of aromatic amines is 1. The molecule has 4 rings (SSSR count). The number of H-pyrrole nitrogens is 1. The van der Waals surface area contributed by atoms with E-state index in [4.69, 9.17) is 0 Å². The molecule has 1 aliphatic rings. The first-order valence-corrected chi connectivity index (χ1v) is 12.1. The molecule has 1 fully saturated rings. The number of piperidine rings is 1. The maximum atomic E-state index is 12.9. The van der Waals surface area contributed by atoms with Gasteiger partial charge in [0.15, 0.2) is 0 Å². The number of hydrogen-bond acceptors (Lipinski definition) is 3. The van der Waals surface area contributed by atoms with Gasteiger partial charge in [0.1, 0.15) is 6.54 Å². The lowest BCUT2D eigenvalue weighted by Crippen LogP contribution is -2.45. The molecule has 1 aliphatic heterocycles. The molecule has 2 aromatic carbocycles. The Morgan fingerprint density at radius 3 is 2.43 bits per heavy atom. The Bertz CT molecular complexity index is 1130. The van der Waals surface area contributed by atoms with Gasteiger partial charge in [0, 0.05) is 30.2 Å². The van der Waals surface area contributed by atoms with Crippen LogP contribution in [0.25, 0.3) is 10.9 Å². The Morgan fingerprint density at radius 1 is 1.10 bits per heavy atom. The Balaban J connectivity index is 1.43. The number of benzene rings is 2. The minimum Gasteiger partial charge on any atom is -0.358 e. The summed E-state index contributed by atoms with van der Waals surface area (Å²) in [6.45, 7) is 2.94. The fourth-order valence-corrected chi connectivity index (χ4v) is 5.11. The number of anilines is 1. The van der Waals surface area contributed by atoms with Crippen molar-refractivity contribution in [3.63, 3.8) is 0 Å². The fraction of sp³-hybridized carbons (Fsp3) is 0.348. The molecular weight excluding hydrogens is 398 g/mol. The third-order valence-electron chi connectivity index (χ3n) is 5.90. The van der Waals surface area contributed by atoms with E-state index >= 15 is 0 Å². The summed E-state index contributed by atoms with van der Waals surface area (Å²) in [6.07, 6.45) is 2.87. The monoisotopic (exact) mass is 425 g/mol. The van der Waals surface area contributed by atoms with E-state index in [1.807, 2.05) is 31.2 Å². The molecule has 3 aromatic rings. The lowest BCUT2D eigenvalue weighted by Gasteiger charge is -2.33. The van der Waals surface area contributed by atoms with Gasteiger partial charge in [-0.3, -0.25) is 9.10 Å². The molecule has 2 heterocycles. The summed E-state index contributed by atoms with van der Waals surface area (Å²) in [6, 6.07) is 17.7. The Hall–Kier alpha value is -2.80. The maximum absolute atomic E-state index is 12.9. The number of carbonyl (C=O) groups is 1. The number of fused-ring (bicyclic) bond motifs is 1. The Kier molecular flexibility index (Phi) is 5.56. The highest BCUT2D eigenvalue weighted by molar-refractivity contribution is 7.92. The maximum Gasteiger partial charge on any atom is 0.243 e. The zero-order valence-corrected chi connectivity index (χ0v) is 18.2. The molecule has 1 amide bonds. The quantitative estimate of drug-likeness (QED) is 0.678. The van der Waals surface area contributed by atoms with Crippen LogP contribution in [-0.2, 0) is 14.8 Å². The second-order valence-corrected chi connectivity index (χ2v) is 9.93. The molecule has 0 bridgehead atoms. The SMILES string of the molecule is Cc1ccccc1N(CC(=O)N1CCC(c2cc3ccccc3[nH]2)CC1)S(C)(=O)=O. The van der Waals surface area contributed by atoms with Gasteiger partial charge in [-0.1, -0.05) is 36.4 Å². The van der Waals surface area contributed by atoms with E-state index in [9.17, 15) is 13.2 Å². The summed E-state index contributed by atoms with van der Waals surface area (Å²) < 4.78 is 26.0. The van der Waals surface area contributed by atoms with Crippen LogP contribution in [0.3, 0.4) is 0 Å². The average Bonchev–Trinajstić information content (AvgIpc) is 3.16. The summed E-state index contributed by atoms with van der Waals surface area (Å²) in [5.41, 5.74) is 3.73. The van der Waals surface area contributed by atoms with Crippen molar-refractivity contribution in [2.75, 3.05) is 30.2 Å². The van der Waals surface area contributed by atoms with Crippen LogP contribution >= 0.6 is 0 Å². The van der Waals surface area contributed by atoms with E-state index in [1.165, 1.54) is 15.4 Å². The average molecular weight is 426 g/mol. The van der Waals surface area contributed by atoms with Crippen LogP contribution in [0.15, 0.2) is 54.6 Å². The van der Waals surface area contributed by atoms with Crippen molar-refractivity contribution in [3.8, 4) is 0 Å². The number of hydrogen-bond donors (Lipinski definition) is 1. The van der Waals surface area contributed by atoms with Crippen molar-refractivity contribution in [3.05, 3.63) is 65.9 Å². The lowest BCUT2D eigenvalue weighted by atomic mass is 9.93. The Morgan fingerprint density at radius 2 is 1.77 bits per heavy atom. The number of aromatic nitrogens is 1. The standard InChI is InChI=1S/C23H27N3O3S/c1-17-7-3-6-10-22(17)26(30(2,28)29)16-23(27)25-13-11-18(12-14-25)21-15-19-8-4-5-9-20(19)24-21/h3-10,15,18,24H,11-14,16H2,1-2H3. The summed E-state index contributed by atoms with van der Waals surface area (Å²) in [7, 11) is -3.56.